The van der Waals surface area contributed by atoms with Gasteiger partial charge in [0, 0.05) is 0 Å². The molecular formula is C15H11ClF4N2O2. The summed E-state index contributed by atoms with van der Waals surface area (Å²) >= 11 is 5.63. The number of benzene rings is 2. The summed E-state index contributed by atoms with van der Waals surface area (Å²) in [6, 6.07) is 7.05. The summed E-state index contributed by atoms with van der Waals surface area (Å²) in [7, 11) is 0. The minimum absolute atomic E-state index is 0.173. The molecule has 0 aliphatic carbocycles. The molecule has 1 amide bonds. The van der Waals surface area contributed by atoms with E-state index in [1.165, 1.54) is 12.1 Å². The molecule has 9 heteroatoms. The van der Waals surface area contributed by atoms with Gasteiger partial charge in [0.05, 0.1) is 10.7 Å². The number of amides is 1. The van der Waals surface area contributed by atoms with Crippen LogP contribution in [0.4, 0.5) is 23.2 Å². The first kappa shape index (κ1) is 18.0. The topological polar surface area (TPSA) is 75.4 Å². The number of hydrogen-bond donors (Lipinski definition) is 3. The summed E-state index contributed by atoms with van der Waals surface area (Å²) < 4.78 is 53.7. The predicted octanol–water partition coefficient (Wildman–Crippen LogP) is 3.54. The van der Waals surface area contributed by atoms with Crippen molar-refractivity contribution < 1.29 is 27.5 Å². The Balaban J connectivity index is 2.49. The van der Waals surface area contributed by atoms with Crippen molar-refractivity contribution in [2.24, 2.45) is 5.73 Å². The van der Waals surface area contributed by atoms with E-state index in [1.807, 2.05) is 5.32 Å². The first-order valence-electron chi connectivity index (χ1n) is 6.48. The predicted molar refractivity (Wildman–Crippen MR) is 80.1 cm³/mol. The zero-order valence-corrected chi connectivity index (χ0v) is 12.6. The summed E-state index contributed by atoms with van der Waals surface area (Å²) in [5.41, 5.74) is 0.661. The van der Waals surface area contributed by atoms with Crippen LogP contribution in [0.25, 0.3) is 0 Å². The van der Waals surface area contributed by atoms with Crippen molar-refractivity contribution in [2.45, 2.75) is 11.7 Å². The third-order valence-electron chi connectivity index (χ3n) is 3.32. The Morgan fingerprint density at radius 3 is 2.38 bits per heavy atom. The molecule has 2 rings (SSSR count). The van der Waals surface area contributed by atoms with Crippen LogP contribution >= 0.6 is 11.6 Å². The Labute approximate surface area is 138 Å². The molecule has 0 aliphatic heterocycles. The van der Waals surface area contributed by atoms with E-state index in [2.05, 4.69) is 0 Å². The van der Waals surface area contributed by atoms with Crippen molar-refractivity contribution in [3.05, 3.63) is 58.9 Å². The minimum Gasteiger partial charge on any atom is -0.504 e. The van der Waals surface area contributed by atoms with Crippen LogP contribution in [0, 0.1) is 5.82 Å². The van der Waals surface area contributed by atoms with Gasteiger partial charge in [-0.05, 0) is 29.8 Å². The van der Waals surface area contributed by atoms with Crippen molar-refractivity contribution in [3.8, 4) is 5.75 Å². The number of carbonyl (C=O) groups is 1. The fourth-order valence-electron chi connectivity index (χ4n) is 1.99. The number of phenols is 1. The van der Waals surface area contributed by atoms with Crippen LogP contribution in [0.15, 0.2) is 42.5 Å². The van der Waals surface area contributed by atoms with E-state index in [4.69, 9.17) is 17.3 Å². The van der Waals surface area contributed by atoms with Gasteiger partial charge in [0.2, 0.25) is 5.54 Å². The van der Waals surface area contributed by atoms with Gasteiger partial charge in [-0.15, -0.1) is 0 Å². The average Bonchev–Trinajstić information content (AvgIpc) is 2.49. The summed E-state index contributed by atoms with van der Waals surface area (Å²) in [5.74, 6) is -3.29. The lowest BCUT2D eigenvalue weighted by Crippen LogP contribution is -2.58. The monoisotopic (exact) mass is 362 g/mol. The molecule has 1 atom stereocenters. The van der Waals surface area contributed by atoms with E-state index in [9.17, 15) is 27.5 Å². The van der Waals surface area contributed by atoms with Crippen molar-refractivity contribution in [1.29, 1.82) is 0 Å². The molecule has 2 aromatic rings. The molecule has 0 unspecified atom stereocenters. The minimum atomic E-state index is -5.22. The van der Waals surface area contributed by atoms with Gasteiger partial charge in [-0.25, -0.2) is 4.39 Å². The Morgan fingerprint density at radius 2 is 1.79 bits per heavy atom. The van der Waals surface area contributed by atoms with Gasteiger partial charge in [0.1, 0.15) is 5.82 Å². The second kappa shape index (κ2) is 6.29. The number of carbonyl (C=O) groups excluding carboxylic acids is 1. The van der Waals surface area contributed by atoms with Crippen LogP contribution in [-0.2, 0) is 10.3 Å². The Bertz CT molecular complexity index is 782. The number of anilines is 1. The largest absolute Gasteiger partial charge is 0.504 e. The molecule has 128 valence electrons. The molecule has 0 radical (unpaired) electrons. The highest BCUT2D eigenvalue weighted by molar-refractivity contribution is 6.32. The van der Waals surface area contributed by atoms with Crippen LogP contribution in [0.3, 0.4) is 0 Å². The molecule has 0 saturated heterocycles. The average molecular weight is 363 g/mol. The number of phenolic OH excluding ortho intramolecular Hbond substituents is 1. The van der Waals surface area contributed by atoms with Crippen LogP contribution < -0.4 is 11.1 Å². The van der Waals surface area contributed by atoms with E-state index in [1.54, 1.807) is 0 Å². The number of alkyl halides is 3. The maximum Gasteiger partial charge on any atom is 0.419 e. The van der Waals surface area contributed by atoms with Gasteiger partial charge in [0.15, 0.2) is 5.75 Å². The molecule has 2 aromatic carbocycles. The molecule has 24 heavy (non-hydrogen) atoms. The lowest BCUT2D eigenvalue weighted by atomic mass is 9.89. The third kappa shape index (κ3) is 3.15. The van der Waals surface area contributed by atoms with E-state index in [0.717, 1.165) is 24.3 Å². The number of nitrogens with two attached hydrogens (primary N) is 1. The number of halogens is 5. The smallest absolute Gasteiger partial charge is 0.419 e. The fourth-order valence-corrected chi connectivity index (χ4v) is 2.17. The van der Waals surface area contributed by atoms with Gasteiger partial charge >= 0.3 is 6.18 Å². The van der Waals surface area contributed by atoms with Gasteiger partial charge in [0.25, 0.3) is 5.91 Å². The number of aromatic hydroxyl groups is 1. The van der Waals surface area contributed by atoms with Gasteiger partial charge in [-0.3, -0.25) is 4.79 Å². The number of nitrogens with one attached hydrogen (secondary N) is 1. The van der Waals surface area contributed by atoms with Gasteiger partial charge in [-0.1, -0.05) is 29.8 Å². The highest BCUT2D eigenvalue weighted by Gasteiger charge is 2.59. The number of para-hydroxylation sites is 1. The number of hydrogen-bond acceptors (Lipinski definition) is 3. The Morgan fingerprint density at radius 1 is 1.17 bits per heavy atom. The van der Waals surface area contributed by atoms with Crippen LogP contribution in [0.2, 0.25) is 5.02 Å². The molecule has 0 aliphatic rings. The maximum atomic E-state index is 13.5. The van der Waals surface area contributed by atoms with Crippen molar-refractivity contribution in [3.63, 3.8) is 0 Å². The zero-order chi connectivity index (χ0) is 18.1. The lowest BCUT2D eigenvalue weighted by Gasteiger charge is -2.31. The zero-order valence-electron chi connectivity index (χ0n) is 11.9. The molecule has 4 nitrogen and oxygen atoms in total. The SMILES string of the molecule is N[C@](C(=O)Nc1cccc(Cl)c1O)(c1cccc(F)c1)C(F)(F)F. The van der Waals surface area contributed by atoms with E-state index in [-0.39, 0.29) is 10.7 Å². The van der Waals surface area contributed by atoms with E-state index in [0.29, 0.717) is 6.07 Å². The molecule has 0 heterocycles. The van der Waals surface area contributed by atoms with Crippen LogP contribution in [0.5, 0.6) is 5.75 Å². The van der Waals surface area contributed by atoms with Crippen LogP contribution in [-0.4, -0.2) is 17.2 Å². The Hall–Kier alpha value is -2.32. The first-order chi connectivity index (χ1) is 11.1. The van der Waals surface area contributed by atoms with Gasteiger partial charge in [-0.2, -0.15) is 13.2 Å². The van der Waals surface area contributed by atoms with E-state index >= 15 is 0 Å². The van der Waals surface area contributed by atoms with Crippen molar-refractivity contribution in [2.75, 3.05) is 5.32 Å². The van der Waals surface area contributed by atoms with Crippen molar-refractivity contribution in [1.82, 2.24) is 0 Å². The normalized spacial score (nSPS) is 14.1. The number of rotatable bonds is 3. The molecular weight excluding hydrogens is 352 g/mol. The maximum absolute atomic E-state index is 13.5. The summed E-state index contributed by atoms with van der Waals surface area (Å²) in [6.45, 7) is 0. The Kier molecular flexibility index (Phi) is 4.73. The third-order valence-corrected chi connectivity index (χ3v) is 3.63. The standard InChI is InChI=1S/C15H11ClF4N2O2/c16-10-5-2-6-11(12(10)23)22-13(24)14(21,15(18,19)20)8-3-1-4-9(17)7-8/h1-7,23H,21H2,(H,22,24)/t14-/m0/s1. The lowest BCUT2D eigenvalue weighted by molar-refractivity contribution is -0.191. The summed E-state index contributed by atoms with van der Waals surface area (Å²) in [5, 5.41) is 11.4. The summed E-state index contributed by atoms with van der Waals surface area (Å²) in [6.07, 6.45) is -5.22. The molecule has 4 N–H and O–H groups in total. The fraction of sp³-hybridized carbons (Fsp3) is 0.133. The second-order valence-electron chi connectivity index (χ2n) is 4.91. The van der Waals surface area contributed by atoms with Gasteiger partial charge < -0.3 is 16.2 Å². The summed E-state index contributed by atoms with van der Waals surface area (Å²) in [4.78, 5) is 12.2. The second-order valence-corrected chi connectivity index (χ2v) is 5.31. The molecule has 0 aromatic heterocycles. The molecule has 0 saturated carbocycles. The highest BCUT2D eigenvalue weighted by Crippen LogP contribution is 2.39. The first-order valence-corrected chi connectivity index (χ1v) is 6.85. The molecule has 0 fully saturated rings. The molecule has 0 bridgehead atoms. The highest BCUT2D eigenvalue weighted by atomic mass is 35.5. The van der Waals surface area contributed by atoms with Crippen molar-refractivity contribution >= 4 is 23.2 Å². The van der Waals surface area contributed by atoms with Crippen LogP contribution in [0.1, 0.15) is 5.56 Å². The molecule has 0 spiro atoms. The van der Waals surface area contributed by atoms with E-state index < -0.39 is 34.8 Å². The quantitative estimate of drug-likeness (QED) is 0.577.